The Balaban J connectivity index is 2.31. The molecule has 1 aromatic heterocycles. The molecule has 19 heavy (non-hydrogen) atoms. The Hall–Kier alpha value is -2.33. The number of rotatable bonds is 1. The molecule has 0 unspecified atom stereocenters. The Morgan fingerprint density at radius 2 is 1.58 bits per heavy atom. The van der Waals surface area contributed by atoms with Gasteiger partial charge in [-0.1, -0.05) is 30.3 Å². The minimum absolute atomic E-state index is 0.164. The SMILES string of the molecule is O=c1cc(-c2ccccc2)sc2cc(O)c(O)cc12. The number of hydrogen-bond donors (Lipinski definition) is 2. The largest absolute Gasteiger partial charge is 0.504 e. The minimum Gasteiger partial charge on any atom is -0.504 e. The van der Waals surface area contributed by atoms with E-state index in [0.29, 0.717) is 10.1 Å². The number of aromatic hydroxyl groups is 2. The van der Waals surface area contributed by atoms with Crippen LogP contribution in [0.2, 0.25) is 0 Å². The van der Waals surface area contributed by atoms with Crippen molar-refractivity contribution in [1.29, 1.82) is 0 Å². The third-order valence-corrected chi connectivity index (χ3v) is 4.01. The number of phenols is 2. The van der Waals surface area contributed by atoms with Gasteiger partial charge in [0.2, 0.25) is 0 Å². The smallest absolute Gasteiger partial charge is 0.188 e. The lowest BCUT2D eigenvalue weighted by atomic mass is 10.1. The second-order valence-electron chi connectivity index (χ2n) is 4.18. The van der Waals surface area contributed by atoms with Crippen LogP contribution in [-0.2, 0) is 0 Å². The first-order valence-corrected chi connectivity index (χ1v) is 6.52. The number of phenolic OH excluding ortho intramolecular Hbond substituents is 2. The summed E-state index contributed by atoms with van der Waals surface area (Å²) >= 11 is 1.41. The Morgan fingerprint density at radius 1 is 0.895 bits per heavy atom. The van der Waals surface area contributed by atoms with Gasteiger partial charge in [0, 0.05) is 27.1 Å². The molecule has 2 aromatic carbocycles. The maximum absolute atomic E-state index is 12.1. The Labute approximate surface area is 113 Å². The van der Waals surface area contributed by atoms with Crippen LogP contribution >= 0.6 is 11.3 Å². The molecule has 2 N–H and O–H groups in total. The van der Waals surface area contributed by atoms with E-state index in [1.165, 1.54) is 23.5 Å². The summed E-state index contributed by atoms with van der Waals surface area (Å²) in [6.45, 7) is 0. The monoisotopic (exact) mass is 270 g/mol. The predicted octanol–water partition coefficient (Wildman–Crippen LogP) is 3.34. The highest BCUT2D eigenvalue weighted by Gasteiger charge is 2.08. The zero-order valence-electron chi connectivity index (χ0n) is 9.83. The van der Waals surface area contributed by atoms with Crippen molar-refractivity contribution in [2.45, 2.75) is 0 Å². The maximum atomic E-state index is 12.1. The molecule has 3 rings (SSSR count). The van der Waals surface area contributed by atoms with Gasteiger partial charge in [-0.3, -0.25) is 4.79 Å². The van der Waals surface area contributed by atoms with Crippen LogP contribution in [0.25, 0.3) is 20.5 Å². The molecule has 0 saturated carbocycles. The van der Waals surface area contributed by atoms with Crippen molar-refractivity contribution >= 4 is 21.4 Å². The van der Waals surface area contributed by atoms with Gasteiger partial charge in [0.15, 0.2) is 16.9 Å². The van der Waals surface area contributed by atoms with E-state index < -0.39 is 0 Å². The van der Waals surface area contributed by atoms with Gasteiger partial charge in [-0.25, -0.2) is 0 Å². The summed E-state index contributed by atoms with van der Waals surface area (Å²) in [6.07, 6.45) is 0. The number of benzene rings is 2. The summed E-state index contributed by atoms with van der Waals surface area (Å²) in [5.41, 5.74) is 0.793. The molecular weight excluding hydrogens is 260 g/mol. The van der Waals surface area contributed by atoms with E-state index in [4.69, 9.17) is 0 Å². The lowest BCUT2D eigenvalue weighted by Gasteiger charge is -2.04. The average molecular weight is 270 g/mol. The fourth-order valence-electron chi connectivity index (χ4n) is 1.92. The van der Waals surface area contributed by atoms with Gasteiger partial charge in [-0.05, 0) is 11.6 Å². The van der Waals surface area contributed by atoms with Crippen molar-refractivity contribution in [2.24, 2.45) is 0 Å². The molecule has 0 amide bonds. The van der Waals surface area contributed by atoms with Crippen molar-refractivity contribution in [2.75, 3.05) is 0 Å². The fourth-order valence-corrected chi connectivity index (χ4v) is 3.02. The Morgan fingerprint density at radius 3 is 2.32 bits per heavy atom. The first-order chi connectivity index (χ1) is 9.15. The first-order valence-electron chi connectivity index (χ1n) is 5.70. The van der Waals surface area contributed by atoms with E-state index in [1.54, 1.807) is 6.07 Å². The second-order valence-corrected chi connectivity index (χ2v) is 5.26. The third-order valence-electron chi connectivity index (χ3n) is 2.88. The van der Waals surface area contributed by atoms with Crippen molar-refractivity contribution in [1.82, 2.24) is 0 Å². The van der Waals surface area contributed by atoms with Gasteiger partial charge in [0.05, 0.1) is 0 Å². The molecule has 0 saturated heterocycles. The summed E-state index contributed by atoms with van der Waals surface area (Å²) in [4.78, 5) is 12.9. The lowest BCUT2D eigenvalue weighted by molar-refractivity contribution is 0.405. The fraction of sp³-hybridized carbons (Fsp3) is 0. The van der Waals surface area contributed by atoms with Crippen LogP contribution in [0.15, 0.2) is 53.3 Å². The van der Waals surface area contributed by atoms with E-state index in [-0.39, 0.29) is 16.9 Å². The van der Waals surface area contributed by atoms with Crippen LogP contribution in [0.5, 0.6) is 11.5 Å². The molecule has 0 atom stereocenters. The summed E-state index contributed by atoms with van der Waals surface area (Å²) in [7, 11) is 0. The van der Waals surface area contributed by atoms with Gasteiger partial charge in [-0.2, -0.15) is 0 Å². The molecular formula is C15H10O3S. The highest BCUT2D eigenvalue weighted by Crippen LogP contribution is 2.34. The van der Waals surface area contributed by atoms with Gasteiger partial charge in [0.1, 0.15) is 0 Å². The summed E-state index contributed by atoms with van der Waals surface area (Å²) in [5, 5.41) is 19.4. The van der Waals surface area contributed by atoms with Crippen LogP contribution < -0.4 is 5.43 Å². The van der Waals surface area contributed by atoms with E-state index in [1.807, 2.05) is 30.3 Å². The molecule has 3 aromatic rings. The molecule has 0 radical (unpaired) electrons. The average Bonchev–Trinajstić information content (AvgIpc) is 2.42. The molecule has 0 fully saturated rings. The topological polar surface area (TPSA) is 57.5 Å². The van der Waals surface area contributed by atoms with Crippen LogP contribution in [-0.4, -0.2) is 10.2 Å². The standard InChI is InChI=1S/C15H10O3S/c16-11-7-14(9-4-2-1-3-5-9)19-15-8-13(18)12(17)6-10(11)15/h1-8,17-18H. The van der Waals surface area contributed by atoms with Gasteiger partial charge < -0.3 is 10.2 Å². The Bertz CT molecular complexity index is 807. The zero-order valence-corrected chi connectivity index (χ0v) is 10.6. The lowest BCUT2D eigenvalue weighted by Crippen LogP contribution is -1.98. The van der Waals surface area contributed by atoms with Crippen molar-refractivity contribution in [3.63, 3.8) is 0 Å². The molecule has 0 bridgehead atoms. The normalized spacial score (nSPS) is 10.7. The molecule has 4 heteroatoms. The van der Waals surface area contributed by atoms with Crippen molar-refractivity contribution < 1.29 is 10.2 Å². The highest BCUT2D eigenvalue weighted by molar-refractivity contribution is 7.21. The van der Waals surface area contributed by atoms with E-state index in [0.717, 1.165) is 10.4 Å². The summed E-state index contributed by atoms with van der Waals surface area (Å²) in [6, 6.07) is 13.9. The molecule has 94 valence electrons. The number of hydrogen-bond acceptors (Lipinski definition) is 4. The van der Waals surface area contributed by atoms with Crippen molar-refractivity contribution in [3.8, 4) is 21.9 Å². The minimum atomic E-state index is -0.274. The second kappa shape index (κ2) is 4.40. The quantitative estimate of drug-likeness (QED) is 0.667. The molecule has 0 aliphatic carbocycles. The molecule has 1 heterocycles. The van der Waals surface area contributed by atoms with Crippen LogP contribution in [0, 0.1) is 0 Å². The zero-order chi connectivity index (χ0) is 13.4. The Kier molecular flexibility index (Phi) is 2.72. The van der Waals surface area contributed by atoms with Crippen LogP contribution in [0.3, 0.4) is 0 Å². The highest BCUT2D eigenvalue weighted by atomic mass is 32.1. The van der Waals surface area contributed by atoms with E-state index >= 15 is 0 Å². The number of fused-ring (bicyclic) bond motifs is 1. The van der Waals surface area contributed by atoms with Crippen LogP contribution in [0.4, 0.5) is 0 Å². The maximum Gasteiger partial charge on any atom is 0.188 e. The van der Waals surface area contributed by atoms with Gasteiger partial charge in [-0.15, -0.1) is 11.3 Å². The predicted molar refractivity (Wildman–Crippen MR) is 76.9 cm³/mol. The summed E-state index contributed by atoms with van der Waals surface area (Å²) < 4.78 is 0.654. The first kappa shape index (κ1) is 11.7. The molecule has 0 spiro atoms. The molecule has 0 aliphatic rings. The van der Waals surface area contributed by atoms with E-state index in [2.05, 4.69) is 0 Å². The van der Waals surface area contributed by atoms with Crippen molar-refractivity contribution in [3.05, 3.63) is 58.8 Å². The third kappa shape index (κ3) is 2.06. The molecule has 3 nitrogen and oxygen atoms in total. The summed E-state index contributed by atoms with van der Waals surface area (Å²) in [5.74, 6) is -0.488. The molecule has 0 aliphatic heterocycles. The van der Waals surface area contributed by atoms with Gasteiger partial charge >= 0.3 is 0 Å². The van der Waals surface area contributed by atoms with Crippen LogP contribution in [0.1, 0.15) is 0 Å². The van der Waals surface area contributed by atoms with E-state index in [9.17, 15) is 15.0 Å². The van der Waals surface area contributed by atoms with Gasteiger partial charge in [0.25, 0.3) is 0 Å².